The third kappa shape index (κ3) is 5.37. The average Bonchev–Trinajstić information content (AvgIpc) is 3.61. The number of hydrogen-bond donors (Lipinski definition) is 0. The number of rotatable bonds is 6. The van der Waals surface area contributed by atoms with E-state index in [0.29, 0.717) is 0 Å². The van der Waals surface area contributed by atoms with Crippen LogP contribution in [0, 0.1) is 0 Å². The summed E-state index contributed by atoms with van der Waals surface area (Å²) in [5, 5.41) is 5.07. The molecule has 0 aliphatic rings. The zero-order chi connectivity index (χ0) is 37.1. The monoisotopic (exact) mass is 686 g/mol. The van der Waals surface area contributed by atoms with E-state index in [2.05, 4.69) is 196 Å². The highest BCUT2D eigenvalue weighted by Crippen LogP contribution is 2.45. The summed E-state index contributed by atoms with van der Waals surface area (Å²) in [7, 11) is 11.4. The predicted molar refractivity (Wildman–Crippen MR) is 248 cm³/mol. The fourth-order valence-electron chi connectivity index (χ4n) is 8.79. The van der Waals surface area contributed by atoms with Gasteiger partial charge in [-0.25, -0.2) is 4.98 Å². The van der Waals surface area contributed by atoms with Crippen LogP contribution in [-0.2, 0) is 6.42 Å². The number of benzene rings is 8. The number of nitrogens with zero attached hydrogens (tertiary/aromatic N) is 2. The first-order valence-electron chi connectivity index (χ1n) is 19.1. The molecule has 2 nitrogen and oxygen atoms in total. The smallest absolute Gasteiger partial charge is 0.139 e. The van der Waals surface area contributed by atoms with E-state index in [1.54, 1.807) is 0 Å². The van der Waals surface area contributed by atoms with Gasteiger partial charge in [-0.15, -0.1) is 16.4 Å². The van der Waals surface area contributed by atoms with Gasteiger partial charge in [-0.1, -0.05) is 139 Å². The molecule has 0 atom stereocenters. The van der Waals surface area contributed by atoms with Gasteiger partial charge in [0.05, 0.1) is 11.0 Å². The van der Waals surface area contributed by atoms with Crippen molar-refractivity contribution in [3.8, 4) is 50.2 Å². The topological polar surface area (TPSA) is 17.8 Å². The summed E-state index contributed by atoms with van der Waals surface area (Å²) in [5.41, 5.74) is 20.3. The molecule has 8 aromatic carbocycles. The lowest BCUT2D eigenvalue weighted by atomic mass is 9.59. The SMILES string of the molecule is Bc1c(B)c(B)c(-c2ccccc2-c2c3ccccc3c(-c3ccc(-c4ccc(-n5c(CC)nc6ccccc65)cc4)cc3)c3ccccc23)c(B)c1B. The number of aryl methyl sites for hydroxylation is 1. The van der Waals surface area contributed by atoms with Crippen LogP contribution in [0.3, 0.4) is 0 Å². The summed E-state index contributed by atoms with van der Waals surface area (Å²) in [4.78, 5) is 4.89. The molecule has 0 saturated carbocycles. The summed E-state index contributed by atoms with van der Waals surface area (Å²) in [5.74, 6) is 1.08. The Balaban J connectivity index is 1.17. The quantitative estimate of drug-likeness (QED) is 0.192. The van der Waals surface area contributed by atoms with Gasteiger partial charge in [0, 0.05) is 12.1 Å². The molecule has 0 saturated heterocycles. The van der Waals surface area contributed by atoms with Gasteiger partial charge in [-0.3, -0.25) is 4.57 Å². The second-order valence-electron chi connectivity index (χ2n) is 14.7. The normalized spacial score (nSPS) is 11.5. The van der Waals surface area contributed by atoms with E-state index in [4.69, 9.17) is 4.98 Å². The average molecular weight is 686 g/mol. The number of para-hydroxylation sites is 2. The number of aromatic nitrogens is 2. The molecule has 0 unspecified atom stereocenters. The van der Waals surface area contributed by atoms with Crippen LogP contribution in [0.2, 0.25) is 0 Å². The van der Waals surface area contributed by atoms with Crippen molar-refractivity contribution in [3.63, 3.8) is 0 Å². The number of imidazole rings is 1. The number of hydrogen-bond acceptors (Lipinski definition) is 1. The van der Waals surface area contributed by atoms with Gasteiger partial charge in [0.2, 0.25) is 0 Å². The maximum Gasteiger partial charge on any atom is 0.139 e. The third-order valence-electron chi connectivity index (χ3n) is 12.0. The van der Waals surface area contributed by atoms with Crippen LogP contribution in [0.4, 0.5) is 0 Å². The highest BCUT2D eigenvalue weighted by Gasteiger charge is 2.21. The number of fused-ring (bicyclic) bond motifs is 3. The first-order valence-corrected chi connectivity index (χ1v) is 19.1. The van der Waals surface area contributed by atoms with Crippen molar-refractivity contribution < 1.29 is 0 Å². The lowest BCUT2D eigenvalue weighted by Gasteiger charge is -2.24. The Hall–Kier alpha value is -5.93. The van der Waals surface area contributed by atoms with Crippen molar-refractivity contribution in [1.29, 1.82) is 0 Å². The van der Waals surface area contributed by atoms with Gasteiger partial charge < -0.3 is 0 Å². The summed E-state index contributed by atoms with van der Waals surface area (Å²) in [6.07, 6.45) is 0.875. The van der Waals surface area contributed by atoms with E-state index in [0.717, 1.165) is 29.0 Å². The summed E-state index contributed by atoms with van der Waals surface area (Å²) in [6.45, 7) is 2.17. The molecule has 0 radical (unpaired) electrons. The molecule has 0 spiro atoms. The molecule has 0 amide bonds. The van der Waals surface area contributed by atoms with Crippen LogP contribution >= 0.6 is 0 Å². The van der Waals surface area contributed by atoms with E-state index in [9.17, 15) is 0 Å². The molecule has 252 valence electrons. The van der Waals surface area contributed by atoms with Crippen molar-refractivity contribution in [2.75, 3.05) is 0 Å². The molecule has 7 heteroatoms. The van der Waals surface area contributed by atoms with Crippen LogP contribution in [0.25, 0.3) is 82.8 Å². The fourth-order valence-corrected chi connectivity index (χ4v) is 8.79. The summed E-state index contributed by atoms with van der Waals surface area (Å²) in [6, 6.07) is 53.4. The maximum atomic E-state index is 4.89. The highest BCUT2D eigenvalue weighted by molar-refractivity contribution is 6.68. The van der Waals surface area contributed by atoms with E-state index >= 15 is 0 Å². The van der Waals surface area contributed by atoms with Gasteiger partial charge >= 0.3 is 0 Å². The maximum absolute atomic E-state index is 4.89. The summed E-state index contributed by atoms with van der Waals surface area (Å²) >= 11 is 0. The van der Waals surface area contributed by atoms with Gasteiger partial charge in [-0.05, 0) is 90.3 Å². The molecule has 0 bridgehead atoms. The van der Waals surface area contributed by atoms with Crippen molar-refractivity contribution in [1.82, 2.24) is 9.55 Å². The van der Waals surface area contributed by atoms with E-state index in [1.165, 1.54) is 93.4 Å². The second-order valence-corrected chi connectivity index (χ2v) is 14.7. The van der Waals surface area contributed by atoms with Crippen LogP contribution < -0.4 is 27.3 Å². The van der Waals surface area contributed by atoms with E-state index in [1.807, 2.05) is 0 Å². The molecular weight excluding hydrogens is 647 g/mol. The van der Waals surface area contributed by atoms with Crippen molar-refractivity contribution in [2.45, 2.75) is 13.3 Å². The zero-order valence-electron chi connectivity index (χ0n) is 32.0. The van der Waals surface area contributed by atoms with Crippen LogP contribution in [0.15, 0.2) is 146 Å². The minimum Gasteiger partial charge on any atom is -0.296 e. The third-order valence-corrected chi connectivity index (χ3v) is 12.0. The molecule has 54 heavy (non-hydrogen) atoms. The molecular formula is C47H39B5N2. The largest absolute Gasteiger partial charge is 0.296 e. The highest BCUT2D eigenvalue weighted by atomic mass is 15.1. The fraction of sp³-hybridized carbons (Fsp3) is 0.0426. The lowest BCUT2D eigenvalue weighted by molar-refractivity contribution is 0.908. The van der Waals surface area contributed by atoms with Crippen molar-refractivity contribution in [3.05, 3.63) is 151 Å². The Morgan fingerprint density at radius 2 is 0.852 bits per heavy atom. The minimum absolute atomic E-state index is 0.875. The van der Waals surface area contributed by atoms with Crippen molar-refractivity contribution >= 4 is 99.1 Å². The van der Waals surface area contributed by atoms with Crippen LogP contribution in [0.1, 0.15) is 12.7 Å². The zero-order valence-corrected chi connectivity index (χ0v) is 32.0. The second kappa shape index (κ2) is 13.5. The van der Waals surface area contributed by atoms with E-state index in [-0.39, 0.29) is 0 Å². The molecule has 0 aliphatic heterocycles. The Labute approximate surface area is 322 Å². The molecule has 0 N–H and O–H groups in total. The minimum atomic E-state index is 0.875. The lowest BCUT2D eigenvalue weighted by Crippen LogP contribution is -2.55. The first-order chi connectivity index (χ1) is 26.4. The molecule has 0 aliphatic carbocycles. The van der Waals surface area contributed by atoms with E-state index < -0.39 is 0 Å². The van der Waals surface area contributed by atoms with Crippen molar-refractivity contribution in [2.24, 2.45) is 0 Å². The molecule has 1 aromatic heterocycles. The van der Waals surface area contributed by atoms with Gasteiger partial charge in [0.25, 0.3) is 0 Å². The van der Waals surface area contributed by atoms with Gasteiger partial charge in [0.15, 0.2) is 0 Å². The predicted octanol–water partition coefficient (Wildman–Crippen LogP) is 3.85. The summed E-state index contributed by atoms with van der Waals surface area (Å²) < 4.78 is 2.28. The van der Waals surface area contributed by atoms with Crippen LogP contribution in [0.5, 0.6) is 0 Å². The molecule has 9 rings (SSSR count). The molecule has 9 aromatic rings. The Bertz CT molecular complexity index is 2830. The molecule has 0 fully saturated rings. The Kier molecular flexibility index (Phi) is 8.46. The van der Waals surface area contributed by atoms with Gasteiger partial charge in [-0.2, -0.15) is 0 Å². The van der Waals surface area contributed by atoms with Crippen LogP contribution in [-0.4, -0.2) is 48.8 Å². The molecule has 1 heterocycles. The van der Waals surface area contributed by atoms with Gasteiger partial charge in [0.1, 0.15) is 45.1 Å². The first kappa shape index (κ1) is 33.9. The Morgan fingerprint density at radius 1 is 0.426 bits per heavy atom. The Morgan fingerprint density at radius 3 is 1.41 bits per heavy atom. The standard InChI is InChI=1S/C47H39B5N2/c1-2-39-53-37-17-9-10-18-38(37)54(39)30-25-23-28(24-26-30)27-19-21-29(22-20-27)40-31-11-3-5-13-33(31)41(34-14-6-4-12-32(34)40)35-15-7-8-16-36(35)42-43(48)45(50)47(52)46(51)44(42)49/h3-26H,2,48-52H2,1H3.